The standard InChI is InChI=1S/C28H42N4O5Si/c1-9-36-27(29)32-25(30-19-35-16-17-38(6,7)8)22-12-10-21(11-13-22)23-14-15-24(31-20(23)2)37-18-28(3,4)26(33)34-5/h10-15H,9,16-19H2,1-8H3,(H2,29,30,32). The fraction of sp³-hybridized carbons (Fsp3) is 0.500. The molecule has 0 radical (unpaired) electrons. The van der Waals surface area contributed by atoms with Crippen LogP contribution in [0.3, 0.4) is 0 Å². The van der Waals surface area contributed by atoms with Gasteiger partial charge in [0.25, 0.3) is 0 Å². The zero-order valence-electron chi connectivity index (χ0n) is 23.9. The molecule has 0 bridgehead atoms. The van der Waals surface area contributed by atoms with Gasteiger partial charge >= 0.3 is 12.0 Å². The van der Waals surface area contributed by atoms with Crippen molar-refractivity contribution in [2.45, 2.75) is 53.4 Å². The largest absolute Gasteiger partial charge is 0.476 e. The number of benzene rings is 1. The fourth-order valence-corrected chi connectivity index (χ4v) is 4.12. The first-order valence-electron chi connectivity index (χ1n) is 12.8. The molecule has 0 unspecified atom stereocenters. The molecular formula is C28H42N4O5Si. The molecule has 0 atom stereocenters. The van der Waals surface area contributed by atoms with Gasteiger partial charge in [0.05, 0.1) is 19.1 Å². The number of amidine groups is 2. The monoisotopic (exact) mass is 542 g/mol. The average Bonchev–Trinajstić information content (AvgIpc) is 2.86. The van der Waals surface area contributed by atoms with E-state index < -0.39 is 13.5 Å². The van der Waals surface area contributed by atoms with Crippen molar-refractivity contribution in [3.8, 4) is 17.0 Å². The third kappa shape index (κ3) is 9.90. The summed E-state index contributed by atoms with van der Waals surface area (Å²) in [5, 5.41) is 11.2. The first kappa shape index (κ1) is 31.0. The number of ether oxygens (including phenoxy) is 4. The summed E-state index contributed by atoms with van der Waals surface area (Å²) < 4.78 is 21.6. The Morgan fingerprint density at radius 1 is 1.13 bits per heavy atom. The number of pyridine rings is 1. The van der Waals surface area contributed by atoms with Gasteiger partial charge in [0.15, 0.2) is 0 Å². The first-order chi connectivity index (χ1) is 17.9. The van der Waals surface area contributed by atoms with Crippen molar-refractivity contribution in [2.24, 2.45) is 10.4 Å². The van der Waals surface area contributed by atoms with Crippen molar-refractivity contribution in [3.05, 3.63) is 47.7 Å². The number of aromatic nitrogens is 1. The minimum atomic E-state index is -1.17. The molecule has 38 heavy (non-hydrogen) atoms. The summed E-state index contributed by atoms with van der Waals surface area (Å²) in [7, 11) is 0.194. The van der Waals surface area contributed by atoms with E-state index in [4.69, 9.17) is 24.4 Å². The summed E-state index contributed by atoms with van der Waals surface area (Å²) in [6.45, 7) is 15.7. The third-order valence-electron chi connectivity index (χ3n) is 5.68. The summed E-state index contributed by atoms with van der Waals surface area (Å²) in [4.78, 5) is 20.8. The van der Waals surface area contributed by atoms with Crippen LogP contribution in [0.5, 0.6) is 5.88 Å². The lowest BCUT2D eigenvalue weighted by Gasteiger charge is -2.21. The Hall–Kier alpha value is -3.24. The molecule has 9 nitrogen and oxygen atoms in total. The molecule has 1 aromatic heterocycles. The van der Waals surface area contributed by atoms with Gasteiger partial charge in [-0.05, 0) is 45.4 Å². The van der Waals surface area contributed by atoms with Crippen LogP contribution in [0.1, 0.15) is 32.0 Å². The van der Waals surface area contributed by atoms with Crippen LogP contribution in [0.25, 0.3) is 11.1 Å². The minimum absolute atomic E-state index is 0.160. The van der Waals surface area contributed by atoms with Gasteiger partial charge in [0, 0.05) is 37.6 Å². The zero-order chi connectivity index (χ0) is 28.3. The van der Waals surface area contributed by atoms with Gasteiger partial charge in [0.1, 0.15) is 19.2 Å². The number of methoxy groups -OCH3 is 1. The van der Waals surface area contributed by atoms with E-state index in [1.54, 1.807) is 19.9 Å². The molecule has 1 heterocycles. The van der Waals surface area contributed by atoms with E-state index in [-0.39, 0.29) is 18.6 Å². The van der Waals surface area contributed by atoms with Crippen molar-refractivity contribution < 1.29 is 23.7 Å². The maximum absolute atomic E-state index is 11.9. The predicted molar refractivity (Wildman–Crippen MR) is 154 cm³/mol. The van der Waals surface area contributed by atoms with E-state index in [2.05, 4.69) is 34.9 Å². The minimum Gasteiger partial charge on any atom is -0.476 e. The number of aliphatic imine (C=N–C) groups is 1. The first-order valence-corrected chi connectivity index (χ1v) is 16.5. The quantitative estimate of drug-likeness (QED) is 0.0939. The number of hydrogen-bond donors (Lipinski definition) is 2. The van der Waals surface area contributed by atoms with Crippen LogP contribution in [0.15, 0.2) is 41.4 Å². The van der Waals surface area contributed by atoms with E-state index in [1.165, 1.54) is 7.11 Å². The molecule has 0 aliphatic rings. The Labute approximate surface area is 227 Å². The molecule has 2 rings (SSSR count). The maximum Gasteiger partial charge on any atom is 0.314 e. The Balaban J connectivity index is 2.14. The van der Waals surface area contributed by atoms with Gasteiger partial charge in [-0.3, -0.25) is 4.79 Å². The summed E-state index contributed by atoms with van der Waals surface area (Å²) >= 11 is 0. The van der Waals surface area contributed by atoms with Crippen LogP contribution in [0.2, 0.25) is 25.7 Å². The third-order valence-corrected chi connectivity index (χ3v) is 7.39. The second kappa shape index (κ2) is 14.1. The van der Waals surface area contributed by atoms with Crippen LogP contribution in [-0.2, 0) is 19.0 Å². The number of aryl methyl sites for hydroxylation is 1. The molecule has 0 saturated heterocycles. The second-order valence-corrected chi connectivity index (χ2v) is 16.4. The van der Waals surface area contributed by atoms with Gasteiger partial charge in [0.2, 0.25) is 5.88 Å². The van der Waals surface area contributed by atoms with Gasteiger partial charge in [-0.1, -0.05) is 43.9 Å². The summed E-state index contributed by atoms with van der Waals surface area (Å²) in [6.07, 6.45) is 0. The molecule has 0 spiro atoms. The number of carbonyl (C=O) groups is 1. The predicted octanol–water partition coefficient (Wildman–Crippen LogP) is 5.25. The number of carbonyl (C=O) groups excluding carboxylic acids is 1. The molecule has 2 N–H and O–H groups in total. The van der Waals surface area contributed by atoms with Crippen LogP contribution in [-0.4, -0.2) is 64.5 Å². The summed E-state index contributed by atoms with van der Waals surface area (Å²) in [6, 6.07) is 12.5. The Bertz CT molecular complexity index is 1110. The van der Waals surface area contributed by atoms with Crippen molar-refractivity contribution in [1.82, 2.24) is 10.3 Å². The highest BCUT2D eigenvalue weighted by Crippen LogP contribution is 2.26. The number of nitrogens with zero attached hydrogens (tertiary/aromatic N) is 2. The molecule has 10 heteroatoms. The van der Waals surface area contributed by atoms with Crippen molar-refractivity contribution >= 4 is 25.9 Å². The van der Waals surface area contributed by atoms with Gasteiger partial charge in [-0.15, -0.1) is 0 Å². The molecule has 0 saturated carbocycles. The highest BCUT2D eigenvalue weighted by atomic mass is 28.3. The van der Waals surface area contributed by atoms with Crippen LogP contribution in [0.4, 0.5) is 0 Å². The van der Waals surface area contributed by atoms with Crippen molar-refractivity contribution in [1.29, 1.82) is 5.41 Å². The number of nitrogens with one attached hydrogen (secondary N) is 2. The zero-order valence-corrected chi connectivity index (χ0v) is 24.9. The Morgan fingerprint density at radius 2 is 1.82 bits per heavy atom. The highest BCUT2D eigenvalue weighted by Gasteiger charge is 2.30. The van der Waals surface area contributed by atoms with Crippen LogP contribution >= 0.6 is 0 Å². The average molecular weight is 543 g/mol. The maximum atomic E-state index is 11.9. The van der Waals surface area contributed by atoms with E-state index in [0.29, 0.717) is 31.7 Å². The van der Waals surface area contributed by atoms with Gasteiger partial charge in [-0.2, -0.15) is 4.99 Å². The molecule has 0 aliphatic carbocycles. The van der Waals surface area contributed by atoms with Crippen molar-refractivity contribution in [2.75, 3.05) is 33.7 Å². The molecule has 0 aliphatic heterocycles. The lowest BCUT2D eigenvalue weighted by Crippen LogP contribution is -2.32. The van der Waals surface area contributed by atoms with Crippen LogP contribution in [0, 0.1) is 17.7 Å². The lowest BCUT2D eigenvalue weighted by atomic mass is 9.95. The smallest absolute Gasteiger partial charge is 0.314 e. The van der Waals surface area contributed by atoms with Crippen molar-refractivity contribution in [3.63, 3.8) is 0 Å². The summed E-state index contributed by atoms with van der Waals surface area (Å²) in [5.74, 6) is 0.620. The van der Waals surface area contributed by atoms with Gasteiger partial charge in [-0.25, -0.2) is 10.4 Å². The molecule has 0 fully saturated rings. The molecule has 1 aromatic carbocycles. The molecular weight excluding hydrogens is 500 g/mol. The normalized spacial score (nSPS) is 12.2. The summed E-state index contributed by atoms with van der Waals surface area (Å²) in [5.41, 5.74) is 2.77. The number of hydrogen-bond acceptors (Lipinski definition) is 7. The number of esters is 1. The Kier molecular flexibility index (Phi) is 11.5. The Morgan fingerprint density at radius 3 is 2.39 bits per heavy atom. The van der Waals surface area contributed by atoms with Crippen LogP contribution < -0.4 is 10.1 Å². The molecule has 0 amide bonds. The van der Waals surface area contributed by atoms with E-state index in [1.807, 2.05) is 44.2 Å². The molecule has 208 valence electrons. The van der Waals surface area contributed by atoms with E-state index in [0.717, 1.165) is 28.4 Å². The topological polar surface area (TPSA) is 115 Å². The highest BCUT2D eigenvalue weighted by molar-refractivity contribution is 6.76. The van der Waals surface area contributed by atoms with E-state index >= 15 is 0 Å². The number of rotatable bonds is 12. The lowest BCUT2D eigenvalue weighted by molar-refractivity contribution is -0.152. The van der Waals surface area contributed by atoms with Gasteiger partial charge < -0.3 is 24.3 Å². The molecule has 2 aromatic rings. The fourth-order valence-electron chi connectivity index (χ4n) is 3.37. The SMILES string of the molecule is CCOC(=N)/N=C(\NCOCC[Si](C)(C)C)c1ccc(-c2ccc(OCC(C)(C)C(=O)OC)nc2C)cc1. The van der Waals surface area contributed by atoms with E-state index in [9.17, 15) is 4.79 Å². The second-order valence-electron chi connectivity index (χ2n) is 10.8.